The Morgan fingerprint density at radius 2 is 2.12 bits per heavy atom. The van der Waals surface area contributed by atoms with Crippen LogP contribution >= 0.6 is 15.9 Å². The van der Waals surface area contributed by atoms with E-state index in [2.05, 4.69) is 15.9 Å². The normalized spacial score (nSPS) is 11.4. The highest BCUT2D eigenvalue weighted by atomic mass is 79.9. The van der Waals surface area contributed by atoms with Crippen molar-refractivity contribution in [3.05, 3.63) is 33.8 Å². The highest BCUT2D eigenvalue weighted by Crippen LogP contribution is 2.20. The van der Waals surface area contributed by atoms with E-state index >= 15 is 0 Å². The number of benzene rings is 1. The Labute approximate surface area is 104 Å². The average molecular weight is 303 g/mol. The van der Waals surface area contributed by atoms with Crippen molar-refractivity contribution < 1.29 is 8.42 Å². The van der Waals surface area contributed by atoms with E-state index in [4.69, 9.17) is 5.26 Å². The van der Waals surface area contributed by atoms with Crippen molar-refractivity contribution in [3.8, 4) is 6.07 Å². The number of sulfonamides is 1. The molecule has 0 unspecified atom stereocenters. The summed E-state index contributed by atoms with van der Waals surface area (Å²) in [7, 11) is -1.71. The molecule has 0 aromatic heterocycles. The van der Waals surface area contributed by atoms with Crippen LogP contribution in [-0.4, -0.2) is 26.0 Å². The standard InChI is InChI=1S/C10H11BrN2O2S/c1-13(16(2,14)15)7-9-5-8(6-12)3-4-10(9)11/h3-5H,7H2,1-2H3. The van der Waals surface area contributed by atoms with E-state index in [1.165, 1.54) is 11.4 Å². The fourth-order valence-electron chi connectivity index (χ4n) is 1.12. The third kappa shape index (κ3) is 3.30. The monoisotopic (exact) mass is 302 g/mol. The minimum Gasteiger partial charge on any atom is -0.213 e. The Kier molecular flexibility index (Phi) is 4.08. The van der Waals surface area contributed by atoms with Gasteiger partial charge in [-0.1, -0.05) is 15.9 Å². The number of hydrogen-bond donors (Lipinski definition) is 0. The van der Waals surface area contributed by atoms with E-state index in [9.17, 15) is 8.42 Å². The molecule has 16 heavy (non-hydrogen) atoms. The van der Waals surface area contributed by atoms with Gasteiger partial charge in [-0.25, -0.2) is 12.7 Å². The third-order valence-electron chi connectivity index (χ3n) is 2.13. The fourth-order valence-corrected chi connectivity index (χ4v) is 1.87. The first-order chi connectivity index (χ1) is 7.34. The van der Waals surface area contributed by atoms with Gasteiger partial charge in [-0.3, -0.25) is 0 Å². The summed E-state index contributed by atoms with van der Waals surface area (Å²) in [4.78, 5) is 0. The van der Waals surface area contributed by atoms with E-state index in [-0.39, 0.29) is 6.54 Å². The number of nitrogens with zero attached hydrogens (tertiary/aromatic N) is 2. The van der Waals surface area contributed by atoms with Gasteiger partial charge >= 0.3 is 0 Å². The molecule has 0 radical (unpaired) electrons. The van der Waals surface area contributed by atoms with Crippen LogP contribution in [0.25, 0.3) is 0 Å². The fraction of sp³-hybridized carbons (Fsp3) is 0.300. The smallest absolute Gasteiger partial charge is 0.211 e. The molecular weight excluding hydrogens is 292 g/mol. The van der Waals surface area contributed by atoms with Crippen molar-refractivity contribution in [1.82, 2.24) is 4.31 Å². The molecule has 86 valence electrons. The van der Waals surface area contributed by atoms with Gasteiger partial charge in [-0.2, -0.15) is 5.26 Å². The molecule has 1 rings (SSSR count). The number of halogens is 1. The Hall–Kier alpha value is -0.900. The van der Waals surface area contributed by atoms with E-state index in [1.807, 2.05) is 6.07 Å². The van der Waals surface area contributed by atoms with E-state index in [0.717, 1.165) is 16.3 Å². The molecular formula is C10H11BrN2O2S. The first-order valence-corrected chi connectivity index (χ1v) is 7.08. The zero-order valence-corrected chi connectivity index (χ0v) is 11.3. The van der Waals surface area contributed by atoms with Crippen molar-refractivity contribution in [2.75, 3.05) is 13.3 Å². The summed E-state index contributed by atoms with van der Waals surface area (Å²) >= 11 is 3.32. The quantitative estimate of drug-likeness (QED) is 0.854. The predicted molar refractivity (Wildman–Crippen MR) is 65.2 cm³/mol. The summed E-state index contributed by atoms with van der Waals surface area (Å²) in [6.45, 7) is 0.245. The van der Waals surface area contributed by atoms with Crippen LogP contribution in [0.5, 0.6) is 0 Å². The van der Waals surface area contributed by atoms with E-state index in [0.29, 0.717) is 5.56 Å². The molecule has 0 fully saturated rings. The van der Waals surface area contributed by atoms with Gasteiger partial charge in [0.25, 0.3) is 0 Å². The summed E-state index contributed by atoms with van der Waals surface area (Å²) in [6, 6.07) is 7.10. The number of hydrogen-bond acceptors (Lipinski definition) is 3. The molecule has 0 saturated carbocycles. The zero-order chi connectivity index (χ0) is 12.3. The van der Waals surface area contributed by atoms with E-state index in [1.54, 1.807) is 18.2 Å². The van der Waals surface area contributed by atoms with Gasteiger partial charge in [0.2, 0.25) is 10.0 Å². The Bertz CT molecular complexity index is 534. The van der Waals surface area contributed by atoms with Crippen LogP contribution in [0.2, 0.25) is 0 Å². The third-order valence-corrected chi connectivity index (χ3v) is 4.17. The minimum atomic E-state index is -3.21. The molecule has 0 saturated heterocycles. The maximum atomic E-state index is 11.2. The molecule has 0 heterocycles. The first kappa shape index (κ1) is 13.2. The van der Waals surface area contributed by atoms with Crippen LogP contribution in [0.15, 0.2) is 22.7 Å². The molecule has 0 atom stereocenters. The van der Waals surface area contributed by atoms with Gasteiger partial charge in [-0.15, -0.1) is 0 Å². The molecule has 0 spiro atoms. The summed E-state index contributed by atoms with van der Waals surface area (Å²) < 4.78 is 24.5. The van der Waals surface area contributed by atoms with Crippen LogP contribution in [0.1, 0.15) is 11.1 Å². The molecule has 1 aromatic carbocycles. The van der Waals surface area contributed by atoms with Crippen molar-refractivity contribution in [2.24, 2.45) is 0 Å². The average Bonchev–Trinajstić information content (AvgIpc) is 2.19. The Morgan fingerprint density at radius 3 is 2.62 bits per heavy atom. The van der Waals surface area contributed by atoms with Crippen LogP contribution < -0.4 is 0 Å². The van der Waals surface area contributed by atoms with Crippen LogP contribution in [0, 0.1) is 11.3 Å². The maximum absolute atomic E-state index is 11.2. The first-order valence-electron chi connectivity index (χ1n) is 4.44. The topological polar surface area (TPSA) is 61.2 Å². The molecule has 0 aliphatic heterocycles. The maximum Gasteiger partial charge on any atom is 0.211 e. The van der Waals surface area contributed by atoms with Crippen LogP contribution in [-0.2, 0) is 16.6 Å². The largest absolute Gasteiger partial charge is 0.213 e. The van der Waals surface area contributed by atoms with Gasteiger partial charge in [0.15, 0.2) is 0 Å². The highest BCUT2D eigenvalue weighted by Gasteiger charge is 2.13. The lowest BCUT2D eigenvalue weighted by Crippen LogP contribution is -2.25. The SMILES string of the molecule is CN(Cc1cc(C#N)ccc1Br)S(C)(=O)=O. The second-order valence-corrected chi connectivity index (χ2v) is 6.38. The van der Waals surface area contributed by atoms with Gasteiger partial charge in [0.1, 0.15) is 0 Å². The van der Waals surface area contributed by atoms with Crippen molar-refractivity contribution in [3.63, 3.8) is 0 Å². The summed E-state index contributed by atoms with van der Waals surface area (Å²) in [5, 5.41) is 8.75. The lowest BCUT2D eigenvalue weighted by molar-refractivity contribution is 0.471. The second-order valence-electron chi connectivity index (χ2n) is 3.44. The second kappa shape index (κ2) is 4.95. The van der Waals surface area contributed by atoms with Crippen molar-refractivity contribution in [1.29, 1.82) is 5.26 Å². The lowest BCUT2D eigenvalue weighted by Gasteiger charge is -2.15. The summed E-state index contributed by atoms with van der Waals surface area (Å²) in [5.74, 6) is 0. The van der Waals surface area contributed by atoms with Gasteiger partial charge in [0.05, 0.1) is 17.9 Å². The van der Waals surface area contributed by atoms with Crippen LogP contribution in [0.3, 0.4) is 0 Å². The molecule has 0 N–H and O–H groups in total. The predicted octanol–water partition coefficient (Wildman–Crippen LogP) is 1.71. The molecule has 0 aliphatic rings. The summed E-state index contributed by atoms with van der Waals surface area (Å²) in [6.07, 6.45) is 1.15. The van der Waals surface area contributed by atoms with Crippen molar-refractivity contribution in [2.45, 2.75) is 6.54 Å². The molecule has 4 nitrogen and oxygen atoms in total. The number of nitriles is 1. The van der Waals surface area contributed by atoms with E-state index < -0.39 is 10.0 Å². The van der Waals surface area contributed by atoms with Crippen LogP contribution in [0.4, 0.5) is 0 Å². The van der Waals surface area contributed by atoms with Crippen molar-refractivity contribution >= 4 is 26.0 Å². The Balaban J connectivity index is 3.02. The van der Waals surface area contributed by atoms with Gasteiger partial charge in [-0.05, 0) is 23.8 Å². The molecule has 1 aromatic rings. The Morgan fingerprint density at radius 1 is 1.50 bits per heavy atom. The number of rotatable bonds is 3. The minimum absolute atomic E-state index is 0.245. The lowest BCUT2D eigenvalue weighted by atomic mass is 10.1. The van der Waals surface area contributed by atoms with Gasteiger partial charge in [0, 0.05) is 18.1 Å². The van der Waals surface area contributed by atoms with Gasteiger partial charge < -0.3 is 0 Å². The molecule has 0 amide bonds. The molecule has 0 bridgehead atoms. The molecule has 6 heteroatoms. The highest BCUT2D eigenvalue weighted by molar-refractivity contribution is 9.10. The zero-order valence-electron chi connectivity index (χ0n) is 8.94. The summed E-state index contributed by atoms with van der Waals surface area (Å²) in [5.41, 5.74) is 1.28. The molecule has 0 aliphatic carbocycles.